The van der Waals surface area contributed by atoms with Gasteiger partial charge >= 0.3 is 6.03 Å². The molecule has 1 aliphatic heterocycles. The second-order valence-electron chi connectivity index (χ2n) is 5.38. The van der Waals surface area contributed by atoms with E-state index in [1.54, 1.807) is 0 Å². The van der Waals surface area contributed by atoms with E-state index in [1.165, 1.54) is 24.3 Å². The number of carbonyl (C=O) groups excluding carboxylic acids is 2. The summed E-state index contributed by atoms with van der Waals surface area (Å²) in [6, 6.07) is 3.32. The quantitative estimate of drug-likeness (QED) is 0.187. The highest BCUT2D eigenvalue weighted by atomic mass is 16.6. The number of amides is 3. The lowest BCUT2D eigenvalue weighted by Crippen LogP contribution is -2.51. The van der Waals surface area contributed by atoms with Crippen LogP contribution in [-0.2, 0) is 4.79 Å². The van der Waals surface area contributed by atoms with Crippen molar-refractivity contribution in [2.24, 2.45) is 0 Å². The summed E-state index contributed by atoms with van der Waals surface area (Å²) in [5, 5.41) is 44.1. The van der Waals surface area contributed by atoms with Gasteiger partial charge < -0.3 is 25.5 Å². The van der Waals surface area contributed by atoms with Gasteiger partial charge in [0.2, 0.25) is 0 Å². The van der Waals surface area contributed by atoms with Gasteiger partial charge in [0.05, 0.1) is 24.2 Å². The summed E-state index contributed by atoms with van der Waals surface area (Å²) in [4.78, 5) is 35.5. The average Bonchev–Trinajstić information content (AvgIpc) is 2.60. The molecule has 1 aliphatic rings. The Hall–Kier alpha value is -3.18. The van der Waals surface area contributed by atoms with Crippen molar-refractivity contribution in [1.82, 2.24) is 15.5 Å². The van der Waals surface area contributed by atoms with Crippen LogP contribution in [0.2, 0.25) is 0 Å². The molecule has 0 aliphatic carbocycles. The molecular weight excluding hydrogens is 348 g/mol. The number of nitrogens with one attached hydrogen (secondary N) is 2. The Balaban J connectivity index is 2.53. The van der Waals surface area contributed by atoms with Crippen molar-refractivity contribution in [3.63, 3.8) is 0 Å². The third-order valence-corrected chi connectivity index (χ3v) is 3.73. The van der Waals surface area contributed by atoms with Crippen LogP contribution in [0.5, 0.6) is 0 Å². The van der Waals surface area contributed by atoms with Crippen LogP contribution in [0.25, 0.3) is 0 Å². The first-order chi connectivity index (χ1) is 12.4. The van der Waals surface area contributed by atoms with E-state index in [0.29, 0.717) is 0 Å². The van der Waals surface area contributed by atoms with Crippen LogP contribution in [0.4, 0.5) is 10.5 Å². The lowest BCUT2D eigenvalue weighted by Gasteiger charge is -2.30. The fraction of sp³-hybridized carbons (Fsp3) is 0.333. The highest BCUT2D eigenvalue weighted by molar-refractivity contribution is 6.08. The standard InChI is InChI=1S/C15H18N4O7/c20-6-4-18(5-7-21)14(23)11-12(16-15(24)17-13(11)22)9-2-1-3-10(8-9)19(25)26/h1-3,8,12,20-21,23H,4-7H2,(H2,16,17,22,24)/b14-11+. The Labute approximate surface area is 147 Å². The van der Waals surface area contributed by atoms with Crippen molar-refractivity contribution >= 4 is 17.6 Å². The number of aliphatic hydroxyl groups excluding tert-OH is 3. The van der Waals surface area contributed by atoms with Gasteiger partial charge in [-0.25, -0.2) is 4.79 Å². The molecule has 3 amide bonds. The molecule has 0 saturated carbocycles. The number of nitro benzene ring substituents is 1. The van der Waals surface area contributed by atoms with Crippen LogP contribution in [0, 0.1) is 10.1 Å². The molecule has 1 aromatic carbocycles. The third kappa shape index (κ3) is 4.07. The predicted octanol–water partition coefficient (Wildman–Crippen LogP) is -0.468. The molecule has 2 rings (SSSR count). The number of benzene rings is 1. The first-order valence-electron chi connectivity index (χ1n) is 7.65. The van der Waals surface area contributed by atoms with Gasteiger partial charge in [-0.05, 0) is 5.56 Å². The zero-order chi connectivity index (χ0) is 19.3. The Morgan fingerprint density at radius 1 is 1.23 bits per heavy atom. The molecule has 1 unspecified atom stereocenters. The SMILES string of the molecule is O=C1NC(=O)/C(=C(/O)N(CCO)CCO)C(c2cccc([N+](=O)[O-])c2)N1. The summed E-state index contributed by atoms with van der Waals surface area (Å²) >= 11 is 0. The molecule has 140 valence electrons. The molecule has 5 N–H and O–H groups in total. The van der Waals surface area contributed by atoms with Crippen LogP contribution in [0.15, 0.2) is 35.7 Å². The molecule has 1 atom stereocenters. The molecule has 0 bridgehead atoms. The minimum Gasteiger partial charge on any atom is -0.494 e. The summed E-state index contributed by atoms with van der Waals surface area (Å²) in [7, 11) is 0. The number of nitro groups is 1. The number of urea groups is 1. The molecular formula is C15H18N4O7. The summed E-state index contributed by atoms with van der Waals surface area (Å²) in [5.74, 6) is -1.44. The number of aliphatic hydroxyl groups is 3. The van der Waals surface area contributed by atoms with E-state index < -0.39 is 28.8 Å². The minimum atomic E-state index is -1.14. The number of rotatable bonds is 7. The van der Waals surface area contributed by atoms with Crippen molar-refractivity contribution in [1.29, 1.82) is 0 Å². The van der Waals surface area contributed by atoms with E-state index in [9.17, 15) is 24.8 Å². The molecule has 11 nitrogen and oxygen atoms in total. The number of imide groups is 1. The fourth-order valence-corrected chi connectivity index (χ4v) is 2.57. The van der Waals surface area contributed by atoms with Gasteiger partial charge in [-0.15, -0.1) is 0 Å². The maximum absolute atomic E-state index is 12.3. The number of non-ortho nitro benzene ring substituents is 1. The lowest BCUT2D eigenvalue weighted by molar-refractivity contribution is -0.384. The minimum absolute atomic E-state index is 0.0707. The summed E-state index contributed by atoms with van der Waals surface area (Å²) in [6.07, 6.45) is 0. The predicted molar refractivity (Wildman–Crippen MR) is 87.9 cm³/mol. The van der Waals surface area contributed by atoms with Crippen molar-refractivity contribution in [3.05, 3.63) is 51.4 Å². The van der Waals surface area contributed by atoms with Crippen LogP contribution in [-0.4, -0.2) is 63.4 Å². The zero-order valence-electron chi connectivity index (χ0n) is 13.6. The number of nitrogens with zero attached hydrogens (tertiary/aromatic N) is 2. The lowest BCUT2D eigenvalue weighted by atomic mass is 9.96. The van der Waals surface area contributed by atoms with E-state index in [4.69, 9.17) is 10.2 Å². The number of carbonyl (C=O) groups is 2. The second-order valence-corrected chi connectivity index (χ2v) is 5.38. The summed E-state index contributed by atoms with van der Waals surface area (Å²) in [6.45, 7) is -0.850. The molecule has 1 aromatic rings. The largest absolute Gasteiger partial charge is 0.494 e. The van der Waals surface area contributed by atoms with E-state index in [1.807, 2.05) is 5.32 Å². The van der Waals surface area contributed by atoms with E-state index in [2.05, 4.69) is 5.32 Å². The highest BCUT2D eigenvalue weighted by Crippen LogP contribution is 2.29. The molecule has 11 heteroatoms. The smallest absolute Gasteiger partial charge is 0.322 e. The van der Waals surface area contributed by atoms with Gasteiger partial charge in [-0.3, -0.25) is 20.2 Å². The van der Waals surface area contributed by atoms with Crippen LogP contribution < -0.4 is 10.6 Å². The van der Waals surface area contributed by atoms with Gasteiger partial charge in [0.15, 0.2) is 5.88 Å². The number of hydrogen-bond acceptors (Lipinski definition) is 8. The topological polar surface area (TPSA) is 165 Å². The van der Waals surface area contributed by atoms with Crippen molar-refractivity contribution in [3.8, 4) is 0 Å². The molecule has 1 heterocycles. The van der Waals surface area contributed by atoms with Crippen molar-refractivity contribution in [2.75, 3.05) is 26.3 Å². The summed E-state index contributed by atoms with van der Waals surface area (Å²) in [5.41, 5.74) is -0.284. The Bertz CT molecular complexity index is 743. The Morgan fingerprint density at radius 2 is 1.88 bits per heavy atom. The van der Waals surface area contributed by atoms with Gasteiger partial charge in [0.1, 0.15) is 5.57 Å². The van der Waals surface area contributed by atoms with Crippen molar-refractivity contribution in [2.45, 2.75) is 6.04 Å². The molecule has 0 aromatic heterocycles. The van der Waals surface area contributed by atoms with Crippen LogP contribution >= 0.6 is 0 Å². The fourth-order valence-electron chi connectivity index (χ4n) is 2.57. The van der Waals surface area contributed by atoms with Gasteiger partial charge in [0.25, 0.3) is 11.6 Å². The van der Waals surface area contributed by atoms with Crippen LogP contribution in [0.1, 0.15) is 11.6 Å². The van der Waals surface area contributed by atoms with Crippen LogP contribution in [0.3, 0.4) is 0 Å². The Morgan fingerprint density at radius 3 is 2.46 bits per heavy atom. The maximum Gasteiger partial charge on any atom is 0.322 e. The Kier molecular flexibility index (Phi) is 6.09. The maximum atomic E-state index is 12.3. The van der Waals surface area contributed by atoms with Gasteiger partial charge in [-0.1, -0.05) is 12.1 Å². The molecule has 1 saturated heterocycles. The highest BCUT2D eigenvalue weighted by Gasteiger charge is 2.36. The van der Waals surface area contributed by atoms with Gasteiger partial charge in [-0.2, -0.15) is 0 Å². The van der Waals surface area contributed by atoms with Crippen molar-refractivity contribution < 1.29 is 29.8 Å². The zero-order valence-corrected chi connectivity index (χ0v) is 13.6. The first-order valence-corrected chi connectivity index (χ1v) is 7.65. The second kappa shape index (κ2) is 8.27. The third-order valence-electron chi connectivity index (χ3n) is 3.73. The van der Waals surface area contributed by atoms with E-state index in [-0.39, 0.29) is 43.1 Å². The summed E-state index contributed by atoms with van der Waals surface area (Å²) < 4.78 is 0. The van der Waals surface area contributed by atoms with E-state index >= 15 is 0 Å². The first kappa shape index (κ1) is 19.1. The molecule has 0 radical (unpaired) electrons. The van der Waals surface area contributed by atoms with Gasteiger partial charge in [0, 0.05) is 25.2 Å². The molecule has 26 heavy (non-hydrogen) atoms. The molecule has 0 spiro atoms. The van der Waals surface area contributed by atoms with E-state index in [0.717, 1.165) is 4.90 Å². The number of hydrogen-bond donors (Lipinski definition) is 5. The average molecular weight is 366 g/mol. The molecule has 1 fully saturated rings. The monoisotopic (exact) mass is 366 g/mol. The normalized spacial score (nSPS) is 18.8.